The summed E-state index contributed by atoms with van der Waals surface area (Å²) in [6, 6.07) is 12.0. The summed E-state index contributed by atoms with van der Waals surface area (Å²) in [5, 5.41) is 0. The predicted octanol–water partition coefficient (Wildman–Crippen LogP) is 4.23. The quantitative estimate of drug-likeness (QED) is 0.714. The standard InChI is InChI=1S/C18H30N/c1-6-16-14-19(4,5)15(3)13-18(16,7-2)17-11-9-8-10-12-17/h8-12,15-16H,6-7,13-14H2,1-5H3/q+1. The fourth-order valence-corrected chi connectivity index (χ4v) is 4.14. The normalized spacial score (nSPS) is 34.2. The van der Waals surface area contributed by atoms with Gasteiger partial charge in [-0.15, -0.1) is 0 Å². The van der Waals surface area contributed by atoms with Gasteiger partial charge in [-0.2, -0.15) is 0 Å². The fraction of sp³-hybridized carbons (Fsp3) is 0.667. The third-order valence-electron chi connectivity index (χ3n) is 5.80. The molecule has 1 heteroatoms. The first-order valence-electron chi connectivity index (χ1n) is 7.84. The predicted molar refractivity (Wildman–Crippen MR) is 83.2 cm³/mol. The van der Waals surface area contributed by atoms with Crippen LogP contribution in [0.5, 0.6) is 0 Å². The minimum atomic E-state index is 0.392. The average Bonchev–Trinajstić information content (AvgIpc) is 2.42. The van der Waals surface area contributed by atoms with Crippen LogP contribution >= 0.6 is 0 Å². The van der Waals surface area contributed by atoms with Crippen molar-refractivity contribution < 1.29 is 4.48 Å². The van der Waals surface area contributed by atoms with Gasteiger partial charge in [0.1, 0.15) is 0 Å². The Labute approximate surface area is 119 Å². The van der Waals surface area contributed by atoms with Crippen LogP contribution in [0.3, 0.4) is 0 Å². The van der Waals surface area contributed by atoms with Gasteiger partial charge >= 0.3 is 0 Å². The van der Waals surface area contributed by atoms with E-state index in [1.54, 1.807) is 5.56 Å². The van der Waals surface area contributed by atoms with E-state index in [0.29, 0.717) is 5.41 Å². The van der Waals surface area contributed by atoms with Crippen LogP contribution in [0.2, 0.25) is 0 Å². The fourth-order valence-electron chi connectivity index (χ4n) is 4.14. The first-order chi connectivity index (χ1) is 8.96. The van der Waals surface area contributed by atoms with Crippen molar-refractivity contribution in [3.63, 3.8) is 0 Å². The lowest BCUT2D eigenvalue weighted by Crippen LogP contribution is -2.61. The van der Waals surface area contributed by atoms with Gasteiger partial charge in [0.25, 0.3) is 0 Å². The first kappa shape index (κ1) is 14.6. The van der Waals surface area contributed by atoms with Crippen LogP contribution in [0.15, 0.2) is 30.3 Å². The Balaban J connectivity index is 2.43. The topological polar surface area (TPSA) is 0 Å². The van der Waals surface area contributed by atoms with Gasteiger partial charge in [-0.1, -0.05) is 44.2 Å². The molecule has 3 atom stereocenters. The van der Waals surface area contributed by atoms with Gasteiger partial charge in [0, 0.05) is 17.8 Å². The lowest BCUT2D eigenvalue weighted by Gasteiger charge is -2.53. The van der Waals surface area contributed by atoms with Crippen LogP contribution in [0.25, 0.3) is 0 Å². The second-order valence-corrected chi connectivity index (χ2v) is 7.00. The summed E-state index contributed by atoms with van der Waals surface area (Å²) in [4.78, 5) is 0. The van der Waals surface area contributed by atoms with Gasteiger partial charge in [0.2, 0.25) is 0 Å². The first-order valence-corrected chi connectivity index (χ1v) is 7.84. The molecule has 1 nitrogen and oxygen atoms in total. The van der Waals surface area contributed by atoms with E-state index in [-0.39, 0.29) is 0 Å². The highest BCUT2D eigenvalue weighted by Gasteiger charge is 2.49. The maximum absolute atomic E-state index is 2.43. The Hall–Kier alpha value is -0.820. The smallest absolute Gasteiger partial charge is 0.0866 e. The Morgan fingerprint density at radius 3 is 2.32 bits per heavy atom. The number of benzene rings is 1. The van der Waals surface area contributed by atoms with Crippen molar-refractivity contribution >= 4 is 0 Å². The molecule has 1 aliphatic heterocycles. The molecule has 0 aliphatic carbocycles. The van der Waals surface area contributed by atoms with Crippen molar-refractivity contribution in [3.05, 3.63) is 35.9 Å². The van der Waals surface area contributed by atoms with Crippen LogP contribution in [-0.4, -0.2) is 31.2 Å². The minimum absolute atomic E-state index is 0.392. The minimum Gasteiger partial charge on any atom is -0.326 e. The number of nitrogens with zero attached hydrogens (tertiary/aromatic N) is 1. The van der Waals surface area contributed by atoms with E-state index < -0.39 is 0 Å². The van der Waals surface area contributed by atoms with Crippen molar-refractivity contribution in [2.24, 2.45) is 5.92 Å². The number of hydrogen-bond acceptors (Lipinski definition) is 0. The van der Waals surface area contributed by atoms with Crippen LogP contribution in [0.1, 0.15) is 45.6 Å². The number of likely N-dealkylation sites (tertiary alicyclic amines) is 1. The molecular weight excluding hydrogens is 230 g/mol. The summed E-state index contributed by atoms with van der Waals surface area (Å²) in [5.74, 6) is 0.797. The lowest BCUT2D eigenvalue weighted by atomic mass is 9.61. The second-order valence-electron chi connectivity index (χ2n) is 7.00. The zero-order valence-electron chi connectivity index (χ0n) is 13.3. The molecule has 1 saturated heterocycles. The third kappa shape index (κ3) is 2.45. The third-order valence-corrected chi connectivity index (χ3v) is 5.80. The Kier molecular flexibility index (Phi) is 4.06. The van der Waals surface area contributed by atoms with Gasteiger partial charge in [-0.05, 0) is 25.3 Å². The van der Waals surface area contributed by atoms with Crippen molar-refractivity contribution in [3.8, 4) is 0 Å². The monoisotopic (exact) mass is 260 g/mol. The number of rotatable bonds is 3. The molecule has 2 rings (SSSR count). The van der Waals surface area contributed by atoms with E-state index in [0.717, 1.165) is 12.0 Å². The molecule has 0 aromatic heterocycles. The Morgan fingerprint density at radius 1 is 1.16 bits per heavy atom. The molecule has 0 saturated carbocycles. The van der Waals surface area contributed by atoms with E-state index >= 15 is 0 Å². The molecule has 3 unspecified atom stereocenters. The average molecular weight is 260 g/mol. The molecule has 19 heavy (non-hydrogen) atoms. The van der Waals surface area contributed by atoms with E-state index in [4.69, 9.17) is 0 Å². The van der Waals surface area contributed by atoms with Crippen molar-refractivity contribution in [1.29, 1.82) is 0 Å². The lowest BCUT2D eigenvalue weighted by molar-refractivity contribution is -0.923. The molecule has 0 spiro atoms. The molecule has 1 aromatic rings. The number of hydrogen-bond donors (Lipinski definition) is 0. The summed E-state index contributed by atoms with van der Waals surface area (Å²) in [5.41, 5.74) is 1.96. The second kappa shape index (κ2) is 5.28. The molecular formula is C18H30N+. The van der Waals surface area contributed by atoms with Crippen LogP contribution in [0.4, 0.5) is 0 Å². The highest BCUT2D eigenvalue weighted by atomic mass is 15.3. The molecule has 1 fully saturated rings. The largest absolute Gasteiger partial charge is 0.326 e. The molecule has 1 aliphatic rings. The van der Waals surface area contributed by atoms with Gasteiger partial charge < -0.3 is 4.48 Å². The molecule has 0 N–H and O–H groups in total. The summed E-state index contributed by atoms with van der Waals surface area (Å²) in [7, 11) is 4.80. The van der Waals surface area contributed by atoms with Gasteiger partial charge in [0.05, 0.1) is 26.7 Å². The number of piperidine rings is 1. The van der Waals surface area contributed by atoms with Gasteiger partial charge in [-0.3, -0.25) is 0 Å². The SMILES string of the molecule is CCC1C[N+](C)(C)C(C)CC1(CC)c1ccccc1. The summed E-state index contributed by atoms with van der Waals surface area (Å²) < 4.78 is 1.17. The van der Waals surface area contributed by atoms with Crippen molar-refractivity contribution in [2.45, 2.75) is 51.5 Å². The van der Waals surface area contributed by atoms with Gasteiger partial charge in [-0.25, -0.2) is 0 Å². The molecule has 0 bridgehead atoms. The Morgan fingerprint density at radius 2 is 1.79 bits per heavy atom. The van der Waals surface area contributed by atoms with E-state index in [2.05, 4.69) is 65.2 Å². The summed E-state index contributed by atoms with van der Waals surface area (Å²) in [6.07, 6.45) is 3.87. The highest BCUT2D eigenvalue weighted by molar-refractivity contribution is 5.27. The van der Waals surface area contributed by atoms with Crippen LogP contribution in [0, 0.1) is 5.92 Å². The summed E-state index contributed by atoms with van der Waals surface area (Å²) in [6.45, 7) is 8.49. The summed E-state index contributed by atoms with van der Waals surface area (Å²) >= 11 is 0. The zero-order chi connectivity index (χ0) is 14.1. The maximum atomic E-state index is 2.43. The molecule has 0 amide bonds. The van der Waals surface area contributed by atoms with Gasteiger partial charge in [0.15, 0.2) is 0 Å². The molecule has 1 aromatic carbocycles. The molecule has 1 heterocycles. The van der Waals surface area contributed by atoms with Crippen LogP contribution in [-0.2, 0) is 5.41 Å². The highest BCUT2D eigenvalue weighted by Crippen LogP contribution is 2.47. The van der Waals surface area contributed by atoms with Crippen molar-refractivity contribution in [2.75, 3.05) is 20.6 Å². The van der Waals surface area contributed by atoms with Crippen molar-refractivity contribution in [1.82, 2.24) is 0 Å². The maximum Gasteiger partial charge on any atom is 0.0866 e. The molecule has 0 radical (unpaired) electrons. The van der Waals surface area contributed by atoms with Crippen LogP contribution < -0.4 is 0 Å². The zero-order valence-corrected chi connectivity index (χ0v) is 13.3. The van der Waals surface area contributed by atoms with E-state index in [1.807, 2.05) is 0 Å². The molecule has 106 valence electrons. The number of quaternary nitrogens is 1. The van der Waals surface area contributed by atoms with E-state index in [9.17, 15) is 0 Å². The van der Waals surface area contributed by atoms with E-state index in [1.165, 1.54) is 30.3 Å². The Bertz CT molecular complexity index is 409.